The first-order valence-electron chi connectivity index (χ1n) is 6.57. The Kier molecular flexibility index (Phi) is 3.30. The standard InChI is InChI=1S/C16H15F2NO/c1-10-2-3-13(18)8-15(10)19-9-14-7-11-6-12(17)4-5-16(11)20-14/h2-6,8,14,19H,7,9H2,1H3. The maximum Gasteiger partial charge on any atom is 0.125 e. The first-order valence-corrected chi connectivity index (χ1v) is 6.57. The van der Waals surface area contributed by atoms with Gasteiger partial charge in [-0.3, -0.25) is 0 Å². The molecule has 1 heterocycles. The third kappa shape index (κ3) is 2.59. The zero-order chi connectivity index (χ0) is 14.1. The summed E-state index contributed by atoms with van der Waals surface area (Å²) in [6.07, 6.45) is 0.600. The van der Waals surface area contributed by atoms with E-state index in [2.05, 4.69) is 5.32 Å². The minimum atomic E-state index is -0.268. The van der Waals surface area contributed by atoms with Crippen LogP contribution < -0.4 is 10.1 Å². The van der Waals surface area contributed by atoms with Crippen molar-refractivity contribution in [1.29, 1.82) is 0 Å². The van der Waals surface area contributed by atoms with Crippen molar-refractivity contribution in [2.24, 2.45) is 0 Å². The summed E-state index contributed by atoms with van der Waals surface area (Å²) in [4.78, 5) is 0. The molecule has 1 N–H and O–H groups in total. The fourth-order valence-electron chi connectivity index (χ4n) is 2.41. The highest BCUT2D eigenvalue weighted by Gasteiger charge is 2.23. The quantitative estimate of drug-likeness (QED) is 0.922. The van der Waals surface area contributed by atoms with Gasteiger partial charge in [0.25, 0.3) is 0 Å². The summed E-state index contributed by atoms with van der Waals surface area (Å²) in [7, 11) is 0. The van der Waals surface area contributed by atoms with Crippen LogP contribution in [0.4, 0.5) is 14.5 Å². The van der Waals surface area contributed by atoms with E-state index in [4.69, 9.17) is 4.74 Å². The molecule has 1 aliphatic heterocycles. The van der Waals surface area contributed by atoms with E-state index in [1.807, 2.05) is 6.92 Å². The van der Waals surface area contributed by atoms with Crippen molar-refractivity contribution >= 4 is 5.69 Å². The summed E-state index contributed by atoms with van der Waals surface area (Å²) in [5.41, 5.74) is 2.62. The Balaban J connectivity index is 1.65. The normalized spacial score (nSPS) is 16.6. The van der Waals surface area contributed by atoms with Gasteiger partial charge < -0.3 is 10.1 Å². The summed E-state index contributed by atoms with van der Waals surface area (Å²) < 4.78 is 32.0. The van der Waals surface area contributed by atoms with E-state index >= 15 is 0 Å². The van der Waals surface area contributed by atoms with Crippen LogP contribution in [-0.2, 0) is 6.42 Å². The predicted molar refractivity (Wildman–Crippen MR) is 74.1 cm³/mol. The number of hydrogen-bond donors (Lipinski definition) is 1. The maximum atomic E-state index is 13.2. The highest BCUT2D eigenvalue weighted by Crippen LogP contribution is 2.29. The fourth-order valence-corrected chi connectivity index (χ4v) is 2.41. The van der Waals surface area contributed by atoms with Gasteiger partial charge >= 0.3 is 0 Å². The van der Waals surface area contributed by atoms with Gasteiger partial charge in [-0.25, -0.2) is 8.78 Å². The van der Waals surface area contributed by atoms with Crippen LogP contribution in [0.25, 0.3) is 0 Å². The zero-order valence-corrected chi connectivity index (χ0v) is 11.1. The Hall–Kier alpha value is -2.10. The zero-order valence-electron chi connectivity index (χ0n) is 11.1. The molecule has 3 rings (SSSR count). The topological polar surface area (TPSA) is 21.3 Å². The van der Waals surface area contributed by atoms with Crippen molar-refractivity contribution in [3.8, 4) is 5.75 Å². The van der Waals surface area contributed by atoms with E-state index in [9.17, 15) is 8.78 Å². The molecule has 0 saturated heterocycles. The molecule has 1 atom stereocenters. The minimum Gasteiger partial charge on any atom is -0.488 e. The molecule has 1 unspecified atom stereocenters. The first-order chi connectivity index (χ1) is 9.61. The van der Waals surface area contributed by atoms with Crippen LogP contribution in [0.15, 0.2) is 36.4 Å². The molecule has 2 aromatic carbocycles. The number of halogens is 2. The monoisotopic (exact) mass is 275 g/mol. The lowest BCUT2D eigenvalue weighted by Gasteiger charge is -2.14. The second-order valence-electron chi connectivity index (χ2n) is 5.04. The molecule has 0 saturated carbocycles. The Bertz CT molecular complexity index is 642. The van der Waals surface area contributed by atoms with Crippen molar-refractivity contribution in [2.45, 2.75) is 19.4 Å². The van der Waals surface area contributed by atoms with Crippen molar-refractivity contribution in [1.82, 2.24) is 0 Å². The lowest BCUT2D eigenvalue weighted by molar-refractivity contribution is 0.246. The molecule has 0 spiro atoms. The van der Waals surface area contributed by atoms with Crippen LogP contribution in [0.3, 0.4) is 0 Å². The molecule has 0 fully saturated rings. The summed E-state index contributed by atoms with van der Waals surface area (Å²) in [5.74, 6) is 0.215. The molecule has 1 aliphatic rings. The van der Waals surface area contributed by atoms with Crippen LogP contribution in [0, 0.1) is 18.6 Å². The van der Waals surface area contributed by atoms with Gasteiger partial charge in [-0.05, 0) is 42.8 Å². The van der Waals surface area contributed by atoms with Crippen LogP contribution in [0.5, 0.6) is 5.75 Å². The van der Waals surface area contributed by atoms with Gasteiger partial charge in [0.15, 0.2) is 0 Å². The molecule has 4 heteroatoms. The molecule has 20 heavy (non-hydrogen) atoms. The van der Waals surface area contributed by atoms with Gasteiger partial charge in [-0.15, -0.1) is 0 Å². The van der Waals surface area contributed by atoms with E-state index in [0.717, 1.165) is 22.6 Å². The summed E-state index contributed by atoms with van der Waals surface area (Å²) >= 11 is 0. The lowest BCUT2D eigenvalue weighted by atomic mass is 10.1. The lowest BCUT2D eigenvalue weighted by Crippen LogP contribution is -2.24. The van der Waals surface area contributed by atoms with Crippen molar-refractivity contribution in [3.63, 3.8) is 0 Å². The van der Waals surface area contributed by atoms with E-state index in [1.54, 1.807) is 12.1 Å². The summed E-state index contributed by atoms with van der Waals surface area (Å²) in [5, 5.41) is 3.19. The number of hydrogen-bond acceptors (Lipinski definition) is 2. The molecule has 0 amide bonds. The molecular formula is C16H15F2NO. The largest absolute Gasteiger partial charge is 0.488 e. The van der Waals surface area contributed by atoms with Crippen molar-refractivity contribution in [2.75, 3.05) is 11.9 Å². The second-order valence-corrected chi connectivity index (χ2v) is 5.04. The Morgan fingerprint density at radius 2 is 1.90 bits per heavy atom. The molecule has 104 valence electrons. The molecule has 2 nitrogen and oxygen atoms in total. The molecular weight excluding hydrogens is 260 g/mol. The SMILES string of the molecule is Cc1ccc(F)cc1NCC1Cc2cc(F)ccc2O1. The van der Waals surface area contributed by atoms with Gasteiger partial charge in [0.1, 0.15) is 23.5 Å². The minimum absolute atomic E-state index is 0.0607. The van der Waals surface area contributed by atoms with Crippen LogP contribution in [0.2, 0.25) is 0 Å². The Labute approximate surface area is 116 Å². The summed E-state index contributed by atoms with van der Waals surface area (Å²) in [6.45, 7) is 2.47. The van der Waals surface area contributed by atoms with E-state index in [-0.39, 0.29) is 17.7 Å². The highest BCUT2D eigenvalue weighted by molar-refractivity contribution is 5.51. The highest BCUT2D eigenvalue weighted by atomic mass is 19.1. The van der Waals surface area contributed by atoms with Gasteiger partial charge in [-0.2, -0.15) is 0 Å². The number of aryl methyl sites for hydroxylation is 1. The van der Waals surface area contributed by atoms with Crippen LogP contribution in [-0.4, -0.2) is 12.6 Å². The molecule has 0 aromatic heterocycles. The molecule has 0 radical (unpaired) electrons. The molecule has 0 aliphatic carbocycles. The predicted octanol–water partition coefficient (Wildman–Crippen LogP) is 3.69. The average Bonchev–Trinajstić information content (AvgIpc) is 2.81. The second kappa shape index (κ2) is 5.12. The number of fused-ring (bicyclic) bond motifs is 1. The fraction of sp³-hybridized carbons (Fsp3) is 0.250. The third-order valence-electron chi connectivity index (χ3n) is 3.48. The smallest absolute Gasteiger partial charge is 0.125 e. The van der Waals surface area contributed by atoms with Gasteiger partial charge in [0, 0.05) is 17.7 Å². The van der Waals surface area contributed by atoms with Gasteiger partial charge in [-0.1, -0.05) is 6.07 Å². The number of nitrogens with one attached hydrogen (secondary N) is 1. The first kappa shape index (κ1) is 12.9. The van der Waals surface area contributed by atoms with Crippen LogP contribution >= 0.6 is 0 Å². The Morgan fingerprint density at radius 3 is 2.75 bits per heavy atom. The number of benzene rings is 2. The molecule has 0 bridgehead atoms. The number of ether oxygens (including phenoxy) is 1. The van der Waals surface area contributed by atoms with Crippen molar-refractivity contribution < 1.29 is 13.5 Å². The molecule has 2 aromatic rings. The van der Waals surface area contributed by atoms with E-state index < -0.39 is 0 Å². The van der Waals surface area contributed by atoms with Gasteiger partial charge in [0.2, 0.25) is 0 Å². The van der Waals surface area contributed by atoms with Crippen LogP contribution in [0.1, 0.15) is 11.1 Å². The van der Waals surface area contributed by atoms with Gasteiger partial charge in [0.05, 0.1) is 6.54 Å². The Morgan fingerprint density at radius 1 is 1.15 bits per heavy atom. The van der Waals surface area contributed by atoms with E-state index in [0.29, 0.717) is 13.0 Å². The van der Waals surface area contributed by atoms with E-state index in [1.165, 1.54) is 24.3 Å². The maximum absolute atomic E-state index is 13.2. The number of anilines is 1. The average molecular weight is 275 g/mol. The third-order valence-corrected chi connectivity index (χ3v) is 3.48. The van der Waals surface area contributed by atoms with Crippen molar-refractivity contribution in [3.05, 3.63) is 59.2 Å². The number of rotatable bonds is 3. The summed E-state index contributed by atoms with van der Waals surface area (Å²) in [6, 6.07) is 9.19.